The summed E-state index contributed by atoms with van der Waals surface area (Å²) >= 11 is 6.08. The number of rotatable bonds is 2. The normalized spacial score (nSPS) is 30.6. The van der Waals surface area contributed by atoms with E-state index in [-0.39, 0.29) is 16.6 Å². The number of halogens is 3. The molecule has 1 aromatic rings. The van der Waals surface area contributed by atoms with Gasteiger partial charge in [0.05, 0.1) is 10.7 Å². The van der Waals surface area contributed by atoms with Crippen LogP contribution in [0.4, 0.5) is 14.5 Å². The van der Waals surface area contributed by atoms with Gasteiger partial charge in [-0.1, -0.05) is 11.6 Å². The molecule has 0 bridgehead atoms. The van der Waals surface area contributed by atoms with Crippen LogP contribution < -0.4 is 10.2 Å². The molecular weight excluding hydrogens is 282 g/mol. The van der Waals surface area contributed by atoms with Crippen LogP contribution in [0.15, 0.2) is 12.1 Å². The molecular formula is C15H19ClF2N2. The zero-order valence-corrected chi connectivity index (χ0v) is 12.5. The lowest BCUT2D eigenvalue weighted by molar-refractivity contribution is 0.259. The van der Waals surface area contributed by atoms with E-state index >= 15 is 0 Å². The van der Waals surface area contributed by atoms with Crippen molar-refractivity contribution in [3.63, 3.8) is 0 Å². The van der Waals surface area contributed by atoms with Gasteiger partial charge >= 0.3 is 0 Å². The Bertz CT molecular complexity index is 510. The zero-order valence-electron chi connectivity index (χ0n) is 11.7. The molecule has 3 rings (SSSR count). The van der Waals surface area contributed by atoms with Crippen molar-refractivity contribution < 1.29 is 8.78 Å². The van der Waals surface area contributed by atoms with E-state index < -0.39 is 11.6 Å². The molecule has 0 aromatic heterocycles. The predicted molar refractivity (Wildman–Crippen MR) is 77.3 cm³/mol. The van der Waals surface area contributed by atoms with Gasteiger partial charge in [-0.15, -0.1) is 0 Å². The van der Waals surface area contributed by atoms with Crippen molar-refractivity contribution in [2.45, 2.75) is 38.3 Å². The van der Waals surface area contributed by atoms with Gasteiger partial charge in [0.15, 0.2) is 5.82 Å². The number of nitrogens with zero attached hydrogens (tertiary/aromatic N) is 1. The molecule has 2 aliphatic rings. The van der Waals surface area contributed by atoms with E-state index in [0.29, 0.717) is 18.2 Å². The van der Waals surface area contributed by atoms with E-state index in [0.717, 1.165) is 12.6 Å². The lowest BCUT2D eigenvalue weighted by Crippen LogP contribution is -2.63. The molecule has 2 atom stereocenters. The monoisotopic (exact) mass is 300 g/mol. The molecule has 110 valence electrons. The Morgan fingerprint density at radius 3 is 2.65 bits per heavy atom. The Hall–Kier alpha value is -0.870. The van der Waals surface area contributed by atoms with Gasteiger partial charge in [0.2, 0.25) is 0 Å². The van der Waals surface area contributed by atoms with Crippen molar-refractivity contribution in [1.82, 2.24) is 5.32 Å². The van der Waals surface area contributed by atoms with Crippen molar-refractivity contribution in [2.24, 2.45) is 5.92 Å². The van der Waals surface area contributed by atoms with Crippen LogP contribution in [0, 0.1) is 17.6 Å². The second-order valence-electron chi connectivity index (χ2n) is 6.27. The summed E-state index contributed by atoms with van der Waals surface area (Å²) in [5.41, 5.74) is 0.311. The molecule has 1 N–H and O–H groups in total. The van der Waals surface area contributed by atoms with Gasteiger partial charge in [0.1, 0.15) is 5.82 Å². The lowest BCUT2D eigenvalue weighted by Gasteiger charge is -2.47. The first-order chi connectivity index (χ1) is 9.40. The average Bonchev–Trinajstić information content (AvgIpc) is 3.17. The Balaban J connectivity index is 1.95. The van der Waals surface area contributed by atoms with Crippen molar-refractivity contribution in [2.75, 3.05) is 18.0 Å². The molecule has 20 heavy (non-hydrogen) atoms. The molecule has 5 heteroatoms. The fourth-order valence-corrected chi connectivity index (χ4v) is 3.46. The minimum atomic E-state index is -0.635. The summed E-state index contributed by atoms with van der Waals surface area (Å²) in [4.78, 5) is 1.98. The summed E-state index contributed by atoms with van der Waals surface area (Å²) < 4.78 is 27.4. The largest absolute Gasteiger partial charge is 0.362 e. The molecule has 0 amide bonds. The van der Waals surface area contributed by atoms with Crippen LogP contribution >= 0.6 is 11.6 Å². The molecule has 0 spiro atoms. The molecule has 2 nitrogen and oxygen atoms in total. The molecule has 0 radical (unpaired) electrons. The minimum absolute atomic E-state index is 0.0172. The maximum Gasteiger partial charge on any atom is 0.150 e. The van der Waals surface area contributed by atoms with Crippen LogP contribution in [0.3, 0.4) is 0 Å². The third-order valence-electron chi connectivity index (χ3n) is 4.58. The van der Waals surface area contributed by atoms with E-state index in [2.05, 4.69) is 12.2 Å². The topological polar surface area (TPSA) is 15.3 Å². The van der Waals surface area contributed by atoms with E-state index in [9.17, 15) is 8.78 Å². The van der Waals surface area contributed by atoms with Crippen LogP contribution in [-0.4, -0.2) is 24.7 Å². The second kappa shape index (κ2) is 4.85. The molecule has 1 aliphatic carbocycles. The van der Waals surface area contributed by atoms with E-state index in [4.69, 9.17) is 11.6 Å². The average molecular weight is 301 g/mol. The highest BCUT2D eigenvalue weighted by atomic mass is 35.5. The first-order valence-corrected chi connectivity index (χ1v) is 7.45. The van der Waals surface area contributed by atoms with Gasteiger partial charge in [0, 0.05) is 30.7 Å². The maximum atomic E-state index is 14.2. The predicted octanol–water partition coefficient (Wildman–Crippen LogP) is 3.59. The highest BCUT2D eigenvalue weighted by Gasteiger charge is 2.46. The Labute approximate surface area is 123 Å². The van der Waals surface area contributed by atoms with Crippen LogP contribution in [0.25, 0.3) is 0 Å². The molecule has 1 aliphatic heterocycles. The van der Waals surface area contributed by atoms with Crippen LogP contribution in [0.2, 0.25) is 5.02 Å². The van der Waals surface area contributed by atoms with Crippen molar-refractivity contribution in [3.8, 4) is 0 Å². The third-order valence-corrected chi connectivity index (χ3v) is 4.87. The summed E-state index contributed by atoms with van der Waals surface area (Å²) in [7, 11) is 0. The van der Waals surface area contributed by atoms with Crippen LogP contribution in [0.1, 0.15) is 26.7 Å². The highest BCUT2D eigenvalue weighted by molar-refractivity contribution is 6.33. The van der Waals surface area contributed by atoms with Gasteiger partial charge in [-0.3, -0.25) is 0 Å². The maximum absolute atomic E-state index is 14.2. The second-order valence-corrected chi connectivity index (χ2v) is 6.67. The number of anilines is 1. The SMILES string of the molecule is CC1CNC(C)(C2CC2)CN1c1c(F)cc(F)cc1Cl. The molecule has 2 fully saturated rings. The van der Waals surface area contributed by atoms with Gasteiger partial charge in [0.25, 0.3) is 0 Å². The van der Waals surface area contributed by atoms with Gasteiger partial charge < -0.3 is 10.2 Å². The number of piperazine rings is 1. The van der Waals surface area contributed by atoms with Gasteiger partial charge in [-0.05, 0) is 38.7 Å². The smallest absolute Gasteiger partial charge is 0.150 e. The molecule has 1 heterocycles. The summed E-state index contributed by atoms with van der Waals surface area (Å²) in [6, 6.07) is 2.22. The Kier molecular flexibility index (Phi) is 3.41. The summed E-state index contributed by atoms with van der Waals surface area (Å²) in [6.45, 7) is 5.68. The number of hydrogen-bond donors (Lipinski definition) is 1. The summed E-state index contributed by atoms with van der Waals surface area (Å²) in [6.07, 6.45) is 2.43. The van der Waals surface area contributed by atoms with Crippen molar-refractivity contribution in [1.29, 1.82) is 0 Å². The first-order valence-electron chi connectivity index (χ1n) is 7.07. The Morgan fingerprint density at radius 1 is 1.35 bits per heavy atom. The van der Waals surface area contributed by atoms with Gasteiger partial charge in [-0.25, -0.2) is 8.78 Å². The fraction of sp³-hybridized carbons (Fsp3) is 0.600. The molecule has 1 saturated carbocycles. The summed E-state index contributed by atoms with van der Waals surface area (Å²) in [5.74, 6) is -0.578. The summed E-state index contributed by atoms with van der Waals surface area (Å²) in [5, 5.41) is 3.72. The lowest BCUT2D eigenvalue weighted by atomic mass is 9.91. The number of hydrogen-bond acceptors (Lipinski definition) is 2. The van der Waals surface area contributed by atoms with E-state index in [1.54, 1.807) is 0 Å². The zero-order chi connectivity index (χ0) is 14.5. The Morgan fingerprint density at radius 2 is 2.05 bits per heavy atom. The fourth-order valence-electron chi connectivity index (χ4n) is 3.16. The first kappa shape index (κ1) is 14.1. The number of nitrogens with one attached hydrogen (secondary N) is 1. The molecule has 1 saturated heterocycles. The number of benzene rings is 1. The van der Waals surface area contributed by atoms with Crippen molar-refractivity contribution in [3.05, 3.63) is 28.8 Å². The standard InChI is InChI=1S/C15H19ClF2N2/c1-9-7-19-15(2,10-3-4-10)8-20(9)14-12(16)5-11(17)6-13(14)18/h5-6,9-10,19H,3-4,7-8H2,1-2H3. The van der Waals surface area contributed by atoms with Crippen molar-refractivity contribution >= 4 is 17.3 Å². The highest BCUT2D eigenvalue weighted by Crippen LogP contribution is 2.43. The molecule has 2 unspecified atom stereocenters. The quantitative estimate of drug-likeness (QED) is 0.898. The van der Waals surface area contributed by atoms with Crippen LogP contribution in [-0.2, 0) is 0 Å². The minimum Gasteiger partial charge on any atom is -0.362 e. The van der Waals surface area contributed by atoms with E-state index in [1.165, 1.54) is 18.9 Å². The van der Waals surface area contributed by atoms with Gasteiger partial charge in [-0.2, -0.15) is 0 Å². The third kappa shape index (κ3) is 2.40. The molecule has 1 aromatic carbocycles. The van der Waals surface area contributed by atoms with E-state index in [1.807, 2.05) is 11.8 Å². The van der Waals surface area contributed by atoms with Crippen LogP contribution in [0.5, 0.6) is 0 Å².